The third kappa shape index (κ3) is 3.60. The van der Waals surface area contributed by atoms with E-state index < -0.39 is 0 Å². The van der Waals surface area contributed by atoms with Crippen molar-refractivity contribution in [2.24, 2.45) is 0 Å². The molecule has 0 radical (unpaired) electrons. The molecule has 6 nitrogen and oxygen atoms in total. The molecule has 0 unspecified atom stereocenters. The molecular formula is C20H19N5OS. The monoisotopic (exact) mass is 377 g/mol. The fourth-order valence-corrected chi connectivity index (χ4v) is 3.82. The molecule has 136 valence electrons. The highest BCUT2D eigenvalue weighted by molar-refractivity contribution is 7.17. The molecule has 0 fully saturated rings. The lowest BCUT2D eigenvalue weighted by molar-refractivity contribution is 0.178. The summed E-state index contributed by atoms with van der Waals surface area (Å²) in [6.45, 7) is 0.361. The number of pyridine rings is 1. The first-order valence-corrected chi connectivity index (χ1v) is 9.39. The van der Waals surface area contributed by atoms with Gasteiger partial charge in [0.15, 0.2) is 5.82 Å². The van der Waals surface area contributed by atoms with E-state index >= 15 is 0 Å². The van der Waals surface area contributed by atoms with Gasteiger partial charge in [0.25, 0.3) is 0 Å². The van der Waals surface area contributed by atoms with Gasteiger partial charge in [0.05, 0.1) is 17.3 Å². The van der Waals surface area contributed by atoms with Crippen molar-refractivity contribution in [1.82, 2.24) is 15.0 Å². The van der Waals surface area contributed by atoms with Crippen molar-refractivity contribution >= 4 is 38.9 Å². The Bertz CT molecular complexity index is 1050. The molecule has 0 aliphatic heterocycles. The van der Waals surface area contributed by atoms with E-state index in [9.17, 15) is 0 Å². The van der Waals surface area contributed by atoms with Gasteiger partial charge in [-0.25, -0.2) is 15.0 Å². The SMILES string of the molecule is CNc1ccc(Nc2nc(COC)nc3scc(-c4ccccc4)c23)cn1. The predicted molar refractivity (Wildman–Crippen MR) is 111 cm³/mol. The molecule has 0 amide bonds. The summed E-state index contributed by atoms with van der Waals surface area (Å²) in [4.78, 5) is 14.7. The lowest BCUT2D eigenvalue weighted by atomic mass is 10.1. The molecule has 0 spiro atoms. The smallest absolute Gasteiger partial charge is 0.158 e. The number of ether oxygens (including phenoxy) is 1. The van der Waals surface area contributed by atoms with Gasteiger partial charge >= 0.3 is 0 Å². The van der Waals surface area contributed by atoms with Gasteiger partial charge in [-0.15, -0.1) is 11.3 Å². The van der Waals surface area contributed by atoms with Gasteiger partial charge in [0.1, 0.15) is 23.1 Å². The summed E-state index contributed by atoms with van der Waals surface area (Å²) in [5.74, 6) is 2.22. The van der Waals surface area contributed by atoms with E-state index in [0.717, 1.165) is 38.7 Å². The number of aromatic nitrogens is 3. The Kier molecular flexibility index (Phi) is 4.95. The van der Waals surface area contributed by atoms with E-state index in [1.54, 1.807) is 24.6 Å². The molecule has 0 aliphatic rings. The Hall–Kier alpha value is -3.03. The van der Waals surface area contributed by atoms with Crippen LogP contribution in [0.15, 0.2) is 54.0 Å². The number of benzene rings is 1. The Morgan fingerprint density at radius 1 is 1.07 bits per heavy atom. The Morgan fingerprint density at radius 2 is 1.93 bits per heavy atom. The summed E-state index contributed by atoms with van der Waals surface area (Å²) in [6.07, 6.45) is 1.78. The third-order valence-electron chi connectivity index (χ3n) is 4.12. The van der Waals surface area contributed by atoms with Crippen LogP contribution in [-0.4, -0.2) is 29.1 Å². The average Bonchev–Trinajstić information content (AvgIpc) is 3.14. The molecule has 4 aromatic rings. The first kappa shape index (κ1) is 17.4. The van der Waals surface area contributed by atoms with Crippen LogP contribution in [-0.2, 0) is 11.3 Å². The van der Waals surface area contributed by atoms with E-state index in [4.69, 9.17) is 9.72 Å². The zero-order valence-corrected chi connectivity index (χ0v) is 15.9. The highest BCUT2D eigenvalue weighted by Crippen LogP contribution is 2.37. The number of hydrogen-bond acceptors (Lipinski definition) is 7. The summed E-state index contributed by atoms with van der Waals surface area (Å²) in [5, 5.41) is 9.55. The van der Waals surface area contributed by atoms with Crippen LogP contribution in [0, 0.1) is 0 Å². The van der Waals surface area contributed by atoms with E-state index in [1.807, 2.05) is 37.4 Å². The van der Waals surface area contributed by atoms with Crippen LogP contribution in [0.1, 0.15) is 5.82 Å². The van der Waals surface area contributed by atoms with Crippen LogP contribution in [0.25, 0.3) is 21.3 Å². The topological polar surface area (TPSA) is 72.0 Å². The van der Waals surface area contributed by atoms with Crippen LogP contribution >= 0.6 is 11.3 Å². The van der Waals surface area contributed by atoms with E-state index in [-0.39, 0.29) is 0 Å². The van der Waals surface area contributed by atoms with Crippen molar-refractivity contribution in [3.8, 4) is 11.1 Å². The van der Waals surface area contributed by atoms with Gasteiger partial charge in [-0.3, -0.25) is 0 Å². The van der Waals surface area contributed by atoms with Gasteiger partial charge in [0, 0.05) is 25.1 Å². The maximum Gasteiger partial charge on any atom is 0.158 e. The fourth-order valence-electron chi connectivity index (χ4n) is 2.85. The number of nitrogens with zero attached hydrogens (tertiary/aromatic N) is 3. The number of rotatable bonds is 6. The molecule has 3 heterocycles. The zero-order valence-electron chi connectivity index (χ0n) is 15.1. The standard InChI is InChI=1S/C20H19N5OS/c1-21-16-9-8-14(10-22-16)23-19-18-15(13-6-4-3-5-7-13)12-27-20(18)25-17(24-19)11-26-2/h3-10,12H,11H2,1-2H3,(H,21,22)(H,23,24,25). The minimum Gasteiger partial charge on any atom is -0.377 e. The highest BCUT2D eigenvalue weighted by atomic mass is 32.1. The number of hydrogen-bond donors (Lipinski definition) is 2. The molecule has 7 heteroatoms. The zero-order chi connectivity index (χ0) is 18.6. The molecule has 27 heavy (non-hydrogen) atoms. The first-order valence-electron chi connectivity index (χ1n) is 8.52. The van der Waals surface area contributed by atoms with E-state index in [0.29, 0.717) is 12.4 Å². The van der Waals surface area contributed by atoms with Crippen molar-refractivity contribution in [1.29, 1.82) is 0 Å². The van der Waals surface area contributed by atoms with E-state index in [1.165, 1.54) is 0 Å². The van der Waals surface area contributed by atoms with Gasteiger partial charge < -0.3 is 15.4 Å². The second-order valence-corrected chi connectivity index (χ2v) is 6.78. The second kappa shape index (κ2) is 7.69. The van der Waals surface area contributed by atoms with Gasteiger partial charge in [-0.1, -0.05) is 30.3 Å². The van der Waals surface area contributed by atoms with Crippen molar-refractivity contribution < 1.29 is 4.74 Å². The van der Waals surface area contributed by atoms with Gasteiger partial charge in [-0.2, -0.15) is 0 Å². The molecule has 0 saturated heterocycles. The van der Waals surface area contributed by atoms with Crippen molar-refractivity contribution in [2.75, 3.05) is 24.8 Å². The lowest BCUT2D eigenvalue weighted by Crippen LogP contribution is -2.02. The maximum absolute atomic E-state index is 5.23. The molecule has 4 rings (SSSR count). The van der Waals surface area contributed by atoms with Gasteiger partial charge in [-0.05, 0) is 17.7 Å². The Balaban J connectivity index is 1.83. The largest absolute Gasteiger partial charge is 0.377 e. The maximum atomic E-state index is 5.23. The summed E-state index contributed by atoms with van der Waals surface area (Å²) >= 11 is 1.61. The normalized spacial score (nSPS) is 10.9. The van der Waals surface area contributed by atoms with Crippen molar-refractivity contribution in [2.45, 2.75) is 6.61 Å². The molecule has 3 aromatic heterocycles. The Labute approximate surface area is 161 Å². The number of fused-ring (bicyclic) bond motifs is 1. The number of methoxy groups -OCH3 is 1. The number of nitrogens with one attached hydrogen (secondary N) is 2. The first-order chi connectivity index (χ1) is 13.3. The molecule has 1 aromatic carbocycles. The number of thiophene rings is 1. The molecule has 0 bridgehead atoms. The highest BCUT2D eigenvalue weighted by Gasteiger charge is 2.15. The lowest BCUT2D eigenvalue weighted by Gasteiger charge is -2.11. The summed E-state index contributed by atoms with van der Waals surface area (Å²) < 4.78 is 5.23. The Morgan fingerprint density at radius 3 is 2.63 bits per heavy atom. The summed E-state index contributed by atoms with van der Waals surface area (Å²) in [6, 6.07) is 14.2. The molecule has 0 saturated carbocycles. The van der Waals surface area contributed by atoms with E-state index in [2.05, 4.69) is 38.1 Å². The minimum absolute atomic E-state index is 0.361. The summed E-state index contributed by atoms with van der Waals surface area (Å²) in [7, 11) is 3.49. The average molecular weight is 377 g/mol. The van der Waals surface area contributed by atoms with Crippen molar-refractivity contribution in [3.63, 3.8) is 0 Å². The quantitative estimate of drug-likeness (QED) is 0.508. The van der Waals surface area contributed by atoms with Crippen LogP contribution < -0.4 is 10.6 Å². The van der Waals surface area contributed by atoms with Crippen LogP contribution in [0.4, 0.5) is 17.3 Å². The van der Waals surface area contributed by atoms with Crippen LogP contribution in [0.3, 0.4) is 0 Å². The molecule has 2 N–H and O–H groups in total. The van der Waals surface area contributed by atoms with Crippen LogP contribution in [0.2, 0.25) is 0 Å². The molecule has 0 aliphatic carbocycles. The van der Waals surface area contributed by atoms with Crippen molar-refractivity contribution in [3.05, 3.63) is 59.9 Å². The predicted octanol–water partition coefficient (Wildman–Crippen LogP) is 4.69. The van der Waals surface area contributed by atoms with Crippen LogP contribution in [0.5, 0.6) is 0 Å². The minimum atomic E-state index is 0.361. The third-order valence-corrected chi connectivity index (χ3v) is 4.99. The summed E-state index contributed by atoms with van der Waals surface area (Å²) in [5.41, 5.74) is 3.11. The number of anilines is 3. The van der Waals surface area contributed by atoms with Gasteiger partial charge in [0.2, 0.25) is 0 Å². The second-order valence-electron chi connectivity index (χ2n) is 5.92. The fraction of sp³-hybridized carbons (Fsp3) is 0.150. The molecular weight excluding hydrogens is 358 g/mol. The molecule has 0 atom stereocenters.